The van der Waals surface area contributed by atoms with Gasteiger partial charge in [-0.25, -0.2) is 4.79 Å². The van der Waals surface area contributed by atoms with Crippen molar-refractivity contribution in [3.05, 3.63) is 71.8 Å². The maximum atomic E-state index is 14.2. The molecule has 1 heterocycles. The van der Waals surface area contributed by atoms with Gasteiger partial charge in [-0.3, -0.25) is 33.7 Å². The Kier molecular flexibility index (Phi) is 18.5. The summed E-state index contributed by atoms with van der Waals surface area (Å²) >= 11 is 1.50. The largest absolute Gasteiger partial charge is 0.444 e. The number of hydrogen-bond donors (Lipinski definition) is 6. The first kappa shape index (κ1) is 47.3. The second-order valence-corrected chi connectivity index (χ2v) is 17.0. The number of carbonyl (C=O) groups is 7. The fourth-order valence-electron chi connectivity index (χ4n) is 6.41. The highest BCUT2D eigenvalue weighted by molar-refractivity contribution is 7.98. The van der Waals surface area contributed by atoms with E-state index in [0.29, 0.717) is 31.6 Å². The number of nitrogens with two attached hydrogens (primary N) is 1. The Morgan fingerprint density at radius 3 is 1.76 bits per heavy atom. The molecule has 0 aromatic heterocycles. The fraction of sp³-hybridized carbons (Fsp3) is 0.548. The molecule has 0 radical (unpaired) electrons. The number of likely N-dealkylation sites (tertiary alicyclic amines) is 1. The van der Waals surface area contributed by atoms with Crippen molar-refractivity contribution >= 4 is 53.3 Å². The molecule has 0 unspecified atom stereocenters. The lowest BCUT2D eigenvalue weighted by Crippen LogP contribution is -2.59. The van der Waals surface area contributed by atoms with Gasteiger partial charge in [0.2, 0.25) is 35.4 Å². The minimum absolute atomic E-state index is 0.0111. The molecular formula is C42H61N7O8S. The fourth-order valence-corrected chi connectivity index (χ4v) is 6.88. The number of nitrogens with one attached hydrogen (secondary N) is 5. The summed E-state index contributed by atoms with van der Waals surface area (Å²) in [5.41, 5.74) is 6.23. The third-order valence-electron chi connectivity index (χ3n) is 9.38. The molecule has 7 N–H and O–H groups in total. The van der Waals surface area contributed by atoms with Crippen LogP contribution in [0.4, 0.5) is 4.79 Å². The SMILES string of the molecule is CSCC[C@H](NC(=O)[C@H](CC(C)C)NC(=O)[C@@H](C)NC(=O)[C@H](Cc1ccccc1)NC(=O)[C@H](Cc1ccccc1)NC(=O)[C@@H]1CCCN1C(=O)OC(C)(C)C)C(N)=O. The summed E-state index contributed by atoms with van der Waals surface area (Å²) in [4.78, 5) is 95.1. The lowest BCUT2D eigenvalue weighted by atomic mass is 10.0. The molecule has 16 heteroatoms. The average molecular weight is 824 g/mol. The minimum Gasteiger partial charge on any atom is -0.444 e. The summed E-state index contributed by atoms with van der Waals surface area (Å²) in [6.07, 6.45) is 2.92. The molecule has 58 heavy (non-hydrogen) atoms. The number of thioether (sulfide) groups is 1. The van der Waals surface area contributed by atoms with Crippen LogP contribution in [-0.4, -0.2) is 107 Å². The van der Waals surface area contributed by atoms with Crippen LogP contribution in [0.3, 0.4) is 0 Å². The third-order valence-corrected chi connectivity index (χ3v) is 10.0. The van der Waals surface area contributed by atoms with Gasteiger partial charge in [-0.2, -0.15) is 11.8 Å². The van der Waals surface area contributed by atoms with Gasteiger partial charge in [0.1, 0.15) is 41.9 Å². The van der Waals surface area contributed by atoms with Crippen molar-refractivity contribution in [2.24, 2.45) is 11.7 Å². The zero-order valence-electron chi connectivity index (χ0n) is 34.7. The highest BCUT2D eigenvalue weighted by Crippen LogP contribution is 2.21. The van der Waals surface area contributed by atoms with Crippen LogP contribution < -0.4 is 32.3 Å². The topological polar surface area (TPSA) is 218 Å². The van der Waals surface area contributed by atoms with Gasteiger partial charge < -0.3 is 37.1 Å². The number of amides is 7. The van der Waals surface area contributed by atoms with E-state index in [1.807, 2.05) is 56.5 Å². The second kappa shape index (κ2) is 22.7. The number of primary amides is 1. The van der Waals surface area contributed by atoms with Crippen molar-refractivity contribution < 1.29 is 38.3 Å². The molecule has 7 amide bonds. The Bertz CT molecular complexity index is 1710. The van der Waals surface area contributed by atoms with Crippen molar-refractivity contribution in [1.82, 2.24) is 31.5 Å². The molecule has 0 aliphatic carbocycles. The minimum atomic E-state index is -1.19. The first-order valence-corrected chi connectivity index (χ1v) is 21.2. The summed E-state index contributed by atoms with van der Waals surface area (Å²) in [6.45, 7) is 10.8. The van der Waals surface area contributed by atoms with Crippen LogP contribution in [0.2, 0.25) is 0 Å². The Morgan fingerprint density at radius 1 is 0.741 bits per heavy atom. The molecule has 1 fully saturated rings. The Labute approximate surface area is 346 Å². The van der Waals surface area contributed by atoms with E-state index in [4.69, 9.17) is 10.5 Å². The standard InChI is InChI=1S/C42H61N7O8S/c1-26(2)23-31(38(53)45-30(35(43)50)20-22-58-7)46-36(51)27(3)44-37(52)32(24-28-15-10-8-11-16-28)47-39(54)33(25-29-17-12-9-13-18-29)48-40(55)34-19-14-21-49(34)41(56)57-42(4,5)6/h8-13,15-18,26-27,30-34H,14,19-25H2,1-7H3,(H2,43,50)(H,44,52)(H,45,53)(H,46,51)(H,47,54)(H,48,55)/t27-,30+,31+,32+,33+,34+/m1/s1. The highest BCUT2D eigenvalue weighted by atomic mass is 32.2. The lowest BCUT2D eigenvalue weighted by Gasteiger charge is -2.29. The molecule has 15 nitrogen and oxygen atoms in total. The molecule has 0 bridgehead atoms. The molecule has 1 saturated heterocycles. The molecule has 0 spiro atoms. The molecule has 1 aliphatic heterocycles. The smallest absolute Gasteiger partial charge is 0.410 e. The molecule has 2 aromatic carbocycles. The van der Waals surface area contributed by atoms with Crippen molar-refractivity contribution in [1.29, 1.82) is 0 Å². The molecular weight excluding hydrogens is 763 g/mol. The molecule has 1 aliphatic rings. The number of carbonyl (C=O) groups excluding carboxylic acids is 7. The van der Waals surface area contributed by atoms with Gasteiger partial charge in [0.15, 0.2) is 0 Å². The van der Waals surface area contributed by atoms with E-state index in [9.17, 15) is 33.6 Å². The van der Waals surface area contributed by atoms with E-state index in [2.05, 4.69) is 26.6 Å². The maximum Gasteiger partial charge on any atom is 0.410 e. The van der Waals surface area contributed by atoms with Gasteiger partial charge in [-0.15, -0.1) is 0 Å². The number of rotatable bonds is 20. The summed E-state index contributed by atoms with van der Waals surface area (Å²) < 4.78 is 5.54. The Morgan fingerprint density at radius 2 is 1.24 bits per heavy atom. The van der Waals surface area contributed by atoms with Gasteiger partial charge in [0.25, 0.3) is 0 Å². The van der Waals surface area contributed by atoms with Crippen LogP contribution in [0.5, 0.6) is 0 Å². The normalized spacial score (nSPS) is 16.6. The van der Waals surface area contributed by atoms with Crippen LogP contribution >= 0.6 is 11.8 Å². The maximum absolute atomic E-state index is 14.2. The van der Waals surface area contributed by atoms with Gasteiger partial charge >= 0.3 is 6.09 Å². The van der Waals surface area contributed by atoms with E-state index in [0.717, 1.165) is 11.1 Å². The van der Waals surface area contributed by atoms with Crippen LogP contribution in [-0.2, 0) is 46.3 Å². The van der Waals surface area contributed by atoms with Crippen molar-refractivity contribution in [2.75, 3.05) is 18.6 Å². The predicted molar refractivity (Wildman–Crippen MR) is 223 cm³/mol. The van der Waals surface area contributed by atoms with E-state index in [1.165, 1.54) is 23.6 Å². The van der Waals surface area contributed by atoms with Crippen molar-refractivity contribution in [3.8, 4) is 0 Å². The summed E-state index contributed by atoms with van der Waals surface area (Å²) in [5, 5.41) is 13.7. The summed E-state index contributed by atoms with van der Waals surface area (Å²) in [7, 11) is 0. The highest BCUT2D eigenvalue weighted by Gasteiger charge is 2.39. The van der Waals surface area contributed by atoms with Gasteiger partial charge in [0.05, 0.1) is 0 Å². The van der Waals surface area contributed by atoms with Crippen LogP contribution in [0, 0.1) is 5.92 Å². The number of ether oxygens (including phenoxy) is 1. The third kappa shape index (κ3) is 15.7. The summed E-state index contributed by atoms with van der Waals surface area (Å²) in [6, 6.07) is 11.8. The van der Waals surface area contributed by atoms with Crippen LogP contribution in [0.15, 0.2) is 60.7 Å². The predicted octanol–water partition coefficient (Wildman–Crippen LogP) is 2.60. The van der Waals surface area contributed by atoms with E-state index in [-0.39, 0.29) is 25.2 Å². The number of nitrogens with zero attached hydrogens (tertiary/aromatic N) is 1. The van der Waals surface area contributed by atoms with Gasteiger partial charge in [-0.1, -0.05) is 74.5 Å². The zero-order chi connectivity index (χ0) is 43.0. The lowest BCUT2D eigenvalue weighted by molar-refractivity contribution is -0.135. The van der Waals surface area contributed by atoms with Crippen molar-refractivity contribution in [3.63, 3.8) is 0 Å². The first-order valence-electron chi connectivity index (χ1n) is 19.8. The average Bonchev–Trinajstić information content (AvgIpc) is 3.66. The van der Waals surface area contributed by atoms with Crippen molar-refractivity contribution in [2.45, 2.75) is 122 Å². The number of hydrogen-bond acceptors (Lipinski definition) is 9. The van der Waals surface area contributed by atoms with Gasteiger partial charge in [0, 0.05) is 19.4 Å². The first-order chi connectivity index (χ1) is 27.4. The Balaban J connectivity index is 1.82. The molecule has 3 rings (SSSR count). The van der Waals surface area contributed by atoms with Crippen LogP contribution in [0.25, 0.3) is 0 Å². The van der Waals surface area contributed by atoms with E-state index >= 15 is 0 Å². The molecule has 0 saturated carbocycles. The van der Waals surface area contributed by atoms with Gasteiger partial charge in [-0.05, 0) is 82.4 Å². The van der Waals surface area contributed by atoms with Crippen LogP contribution in [0.1, 0.15) is 78.4 Å². The zero-order valence-corrected chi connectivity index (χ0v) is 35.5. The molecule has 318 valence electrons. The van der Waals surface area contributed by atoms with E-state index in [1.54, 1.807) is 45.0 Å². The summed E-state index contributed by atoms with van der Waals surface area (Å²) in [5.74, 6) is -3.18. The molecule has 2 aromatic rings. The van der Waals surface area contributed by atoms with E-state index < -0.39 is 83.4 Å². The monoisotopic (exact) mass is 823 g/mol. The molecule has 6 atom stereocenters. The Hall–Kier alpha value is -5.12. The number of benzene rings is 2. The second-order valence-electron chi connectivity index (χ2n) is 16.0. The quantitative estimate of drug-likeness (QED) is 0.116.